The average molecular weight is 408 g/mol. The number of hydrogen-bond acceptors (Lipinski definition) is 5. The van der Waals surface area contributed by atoms with Crippen molar-refractivity contribution in [2.24, 2.45) is 0 Å². The van der Waals surface area contributed by atoms with Crippen LogP contribution in [0.25, 0.3) is 0 Å². The van der Waals surface area contributed by atoms with Crippen molar-refractivity contribution >= 4 is 15.5 Å². The van der Waals surface area contributed by atoms with Gasteiger partial charge in [0.1, 0.15) is 5.75 Å². The number of rotatable bonds is 5. The number of piperazine rings is 1. The van der Waals surface area contributed by atoms with Crippen LogP contribution >= 0.6 is 0 Å². The van der Waals surface area contributed by atoms with Gasteiger partial charge in [-0.3, -0.25) is 4.90 Å². The van der Waals surface area contributed by atoms with E-state index in [0.717, 1.165) is 38.4 Å². The van der Waals surface area contributed by atoms with Gasteiger partial charge in [-0.25, -0.2) is 8.42 Å². The highest BCUT2D eigenvalue weighted by molar-refractivity contribution is 7.91. The highest BCUT2D eigenvalue weighted by Crippen LogP contribution is 2.30. The van der Waals surface area contributed by atoms with Crippen molar-refractivity contribution in [3.8, 4) is 5.75 Å². The Balaban J connectivity index is 1.44. The van der Waals surface area contributed by atoms with Gasteiger partial charge >= 0.3 is 5.76 Å². The molecule has 4 rings (SSSR count). The van der Waals surface area contributed by atoms with Crippen molar-refractivity contribution in [2.75, 3.05) is 37.7 Å². The summed E-state index contributed by atoms with van der Waals surface area (Å²) in [5.41, 5.74) is 2.82. The van der Waals surface area contributed by atoms with E-state index in [1.807, 2.05) is 11.0 Å². The maximum Gasteiger partial charge on any atom is 0.341 e. The molecule has 0 bridgehead atoms. The largest absolute Gasteiger partial charge is 0.493 e. The molecule has 0 atom stereocenters. The monoisotopic (exact) mass is 408 g/mol. The lowest BCUT2D eigenvalue weighted by molar-refractivity contribution is 0.234. The molecule has 0 aliphatic carbocycles. The van der Waals surface area contributed by atoms with E-state index in [1.54, 1.807) is 12.1 Å². The number of ether oxygens (including phenoxy) is 1. The third-order valence-electron chi connectivity index (χ3n) is 5.28. The van der Waals surface area contributed by atoms with Crippen LogP contribution in [0.2, 0.25) is 0 Å². The molecule has 0 saturated carbocycles. The molecule has 0 unspecified atom stereocenters. The Morgan fingerprint density at radius 1 is 1.04 bits per heavy atom. The van der Waals surface area contributed by atoms with E-state index in [1.165, 1.54) is 23.3 Å². The number of anilines is 1. The lowest BCUT2D eigenvalue weighted by Gasteiger charge is -2.36. The Hall–Kier alpha value is -2.19. The maximum absolute atomic E-state index is 13.0. The molecule has 1 saturated heterocycles. The van der Waals surface area contributed by atoms with E-state index in [9.17, 15) is 17.2 Å². The molecule has 2 aliphatic heterocycles. The van der Waals surface area contributed by atoms with Crippen LogP contribution in [0.15, 0.2) is 47.4 Å². The molecule has 150 valence electrons. The van der Waals surface area contributed by atoms with E-state index in [0.29, 0.717) is 18.8 Å². The van der Waals surface area contributed by atoms with Crippen molar-refractivity contribution in [2.45, 2.75) is 23.6 Å². The highest BCUT2D eigenvalue weighted by Gasteiger charge is 2.31. The second-order valence-electron chi connectivity index (χ2n) is 7.08. The van der Waals surface area contributed by atoms with Gasteiger partial charge in [0.05, 0.1) is 17.2 Å². The molecule has 2 aromatic rings. The Morgan fingerprint density at radius 2 is 1.79 bits per heavy atom. The van der Waals surface area contributed by atoms with Gasteiger partial charge in [0.15, 0.2) is 0 Å². The van der Waals surface area contributed by atoms with Crippen molar-refractivity contribution in [1.29, 1.82) is 0 Å². The topological polar surface area (TPSA) is 49.9 Å². The summed E-state index contributed by atoms with van der Waals surface area (Å²) in [4.78, 5) is 3.87. The van der Waals surface area contributed by atoms with Crippen LogP contribution < -0.4 is 9.64 Å². The van der Waals surface area contributed by atoms with E-state index in [-0.39, 0.29) is 4.90 Å². The fraction of sp³-hybridized carbons (Fsp3) is 0.400. The summed E-state index contributed by atoms with van der Waals surface area (Å²) in [6.45, 7) is 4.18. The van der Waals surface area contributed by atoms with Crippen molar-refractivity contribution in [3.63, 3.8) is 0 Å². The SMILES string of the molecule is O=S(=O)(c1ccccc1N1CCN(Cc2ccc3c(c2)CCO3)CC1)C(F)F. The Kier molecular flexibility index (Phi) is 5.25. The fourth-order valence-electron chi connectivity index (χ4n) is 3.80. The van der Waals surface area contributed by atoms with Crippen LogP contribution in [-0.2, 0) is 22.8 Å². The number of fused-ring (bicyclic) bond motifs is 1. The molecule has 0 spiro atoms. The summed E-state index contributed by atoms with van der Waals surface area (Å²) < 4.78 is 55.6. The Morgan fingerprint density at radius 3 is 2.54 bits per heavy atom. The summed E-state index contributed by atoms with van der Waals surface area (Å²) >= 11 is 0. The van der Waals surface area contributed by atoms with Crippen molar-refractivity contribution < 1.29 is 21.9 Å². The zero-order chi connectivity index (χ0) is 19.7. The fourth-order valence-corrected chi connectivity index (χ4v) is 4.75. The van der Waals surface area contributed by atoms with Crippen LogP contribution in [0.1, 0.15) is 11.1 Å². The third kappa shape index (κ3) is 3.71. The standard InChI is InChI=1S/C20H22F2N2O3S/c21-20(22)28(25,26)19-4-2-1-3-17(19)24-10-8-23(9-11-24)14-15-5-6-18-16(13-15)7-12-27-18/h1-6,13,20H,7-12,14H2. The highest BCUT2D eigenvalue weighted by atomic mass is 32.2. The molecular formula is C20H22F2N2O3S. The average Bonchev–Trinajstić information content (AvgIpc) is 3.16. The predicted molar refractivity (Wildman–Crippen MR) is 103 cm³/mol. The van der Waals surface area contributed by atoms with E-state index in [4.69, 9.17) is 4.74 Å². The van der Waals surface area contributed by atoms with Gasteiger partial charge in [-0.15, -0.1) is 0 Å². The lowest BCUT2D eigenvalue weighted by atomic mass is 10.1. The zero-order valence-electron chi connectivity index (χ0n) is 15.4. The molecule has 5 nitrogen and oxygen atoms in total. The first kappa shape index (κ1) is 19.1. The number of benzene rings is 2. The number of nitrogens with zero attached hydrogens (tertiary/aromatic N) is 2. The quantitative estimate of drug-likeness (QED) is 0.762. The molecule has 0 N–H and O–H groups in total. The molecular weight excluding hydrogens is 386 g/mol. The Labute approximate surface area is 163 Å². The summed E-state index contributed by atoms with van der Waals surface area (Å²) in [6, 6.07) is 12.3. The summed E-state index contributed by atoms with van der Waals surface area (Å²) in [6.07, 6.45) is 0.937. The number of hydrogen-bond donors (Lipinski definition) is 0. The third-order valence-corrected chi connectivity index (χ3v) is 6.71. The van der Waals surface area contributed by atoms with Gasteiger partial charge in [0.25, 0.3) is 0 Å². The first-order valence-corrected chi connectivity index (χ1v) is 10.8. The number of alkyl halides is 2. The van der Waals surface area contributed by atoms with Gasteiger partial charge in [0, 0.05) is 39.1 Å². The van der Waals surface area contributed by atoms with E-state index in [2.05, 4.69) is 17.0 Å². The summed E-state index contributed by atoms with van der Waals surface area (Å²) in [7, 11) is -4.63. The first-order valence-electron chi connectivity index (χ1n) is 9.28. The molecule has 28 heavy (non-hydrogen) atoms. The molecule has 2 aliphatic rings. The second-order valence-corrected chi connectivity index (χ2v) is 8.96. The number of halogens is 2. The normalized spacial score (nSPS) is 17.6. The van der Waals surface area contributed by atoms with Gasteiger partial charge in [-0.1, -0.05) is 24.3 Å². The van der Waals surface area contributed by atoms with Gasteiger partial charge in [-0.05, 0) is 29.3 Å². The van der Waals surface area contributed by atoms with Crippen LogP contribution in [0.5, 0.6) is 5.75 Å². The van der Waals surface area contributed by atoms with Gasteiger partial charge < -0.3 is 9.64 Å². The van der Waals surface area contributed by atoms with E-state index >= 15 is 0 Å². The summed E-state index contributed by atoms with van der Waals surface area (Å²) in [5, 5.41) is 0. The van der Waals surface area contributed by atoms with Crippen molar-refractivity contribution in [1.82, 2.24) is 4.90 Å². The molecule has 0 radical (unpaired) electrons. The summed E-state index contributed by atoms with van der Waals surface area (Å²) in [5.74, 6) is -2.45. The van der Waals surface area contributed by atoms with Crippen LogP contribution in [0, 0.1) is 0 Å². The zero-order valence-corrected chi connectivity index (χ0v) is 16.2. The smallest absolute Gasteiger partial charge is 0.341 e. The minimum absolute atomic E-state index is 0.294. The van der Waals surface area contributed by atoms with Gasteiger partial charge in [-0.2, -0.15) is 8.78 Å². The van der Waals surface area contributed by atoms with Crippen LogP contribution in [0.3, 0.4) is 0 Å². The molecule has 2 heterocycles. The molecule has 0 aromatic heterocycles. The Bertz CT molecular complexity index is 958. The maximum atomic E-state index is 13.0. The van der Waals surface area contributed by atoms with Crippen molar-refractivity contribution in [3.05, 3.63) is 53.6 Å². The number of sulfone groups is 1. The van der Waals surface area contributed by atoms with Crippen LogP contribution in [-0.4, -0.2) is 51.9 Å². The molecule has 0 amide bonds. The molecule has 1 fully saturated rings. The van der Waals surface area contributed by atoms with Gasteiger partial charge in [0.2, 0.25) is 9.84 Å². The number of para-hydroxylation sites is 1. The first-order chi connectivity index (χ1) is 13.4. The minimum Gasteiger partial charge on any atom is -0.493 e. The lowest BCUT2D eigenvalue weighted by Crippen LogP contribution is -2.46. The molecule has 8 heteroatoms. The second kappa shape index (κ2) is 7.67. The minimum atomic E-state index is -4.63. The van der Waals surface area contributed by atoms with Crippen LogP contribution in [0.4, 0.5) is 14.5 Å². The molecule has 2 aromatic carbocycles. The predicted octanol–water partition coefficient (Wildman–Crippen LogP) is 2.94. The van der Waals surface area contributed by atoms with E-state index < -0.39 is 15.6 Å².